The quantitative estimate of drug-likeness (QED) is 0.516. The summed E-state index contributed by atoms with van der Waals surface area (Å²) in [7, 11) is -2.88. The number of hydrogen-bond acceptors (Lipinski definition) is 4. The number of nitrogens with one attached hydrogen (secondary N) is 3. The van der Waals surface area contributed by atoms with Gasteiger partial charge in [0.1, 0.15) is 17.2 Å². The number of halogens is 1. The van der Waals surface area contributed by atoms with Gasteiger partial charge in [0, 0.05) is 27.8 Å². The van der Waals surface area contributed by atoms with Gasteiger partial charge in [0.2, 0.25) is 0 Å². The molecule has 0 aliphatic carbocycles. The lowest BCUT2D eigenvalue weighted by molar-refractivity contribution is 0.241. The predicted octanol–water partition coefficient (Wildman–Crippen LogP) is 5.43. The van der Waals surface area contributed by atoms with E-state index in [0.29, 0.717) is 27.3 Å². The number of hydrogen-bond donors (Lipinski definition) is 3. The van der Waals surface area contributed by atoms with Crippen molar-refractivity contribution in [3.05, 3.63) is 59.6 Å². The molecule has 0 saturated carbocycles. The van der Waals surface area contributed by atoms with Crippen molar-refractivity contribution in [3.8, 4) is 0 Å². The number of urea groups is 1. The van der Waals surface area contributed by atoms with Crippen LogP contribution in [0, 0.1) is 23.4 Å². The number of carbonyl (C=O) groups excluding carboxylic acids is 1. The van der Waals surface area contributed by atoms with Gasteiger partial charge in [-0.25, -0.2) is 18.2 Å². The summed E-state index contributed by atoms with van der Waals surface area (Å²) in [6, 6.07) is 9.86. The molecule has 0 radical (unpaired) electrons. The normalized spacial score (nSPS) is 14.6. The molecule has 1 unspecified atom stereocenters. The van der Waals surface area contributed by atoms with Crippen LogP contribution in [0.15, 0.2) is 51.8 Å². The third kappa shape index (κ3) is 4.59. The van der Waals surface area contributed by atoms with E-state index in [0.717, 1.165) is 5.56 Å². The van der Waals surface area contributed by atoms with E-state index in [4.69, 9.17) is 9.20 Å². The molecular formula is C21H24FN3O3S. The lowest BCUT2D eigenvalue weighted by Crippen LogP contribution is -2.35. The fraction of sp³-hybridized carbons (Fsp3) is 0.286. The first-order valence-electron chi connectivity index (χ1n) is 9.16. The topological polar surface area (TPSA) is 95.2 Å². The SMILES string of the molecule is Cc1c([C@H](NC(=O)Nc2cccc(S(C)(=N)=O)c2)C(C)C)oc2ccc(F)cc12. The van der Waals surface area contributed by atoms with Gasteiger partial charge in [0.15, 0.2) is 0 Å². The molecule has 0 saturated heterocycles. The highest BCUT2D eigenvalue weighted by molar-refractivity contribution is 7.91. The second-order valence-corrected chi connectivity index (χ2v) is 9.58. The zero-order chi connectivity index (χ0) is 21.3. The maximum absolute atomic E-state index is 13.6. The van der Waals surface area contributed by atoms with Crippen molar-refractivity contribution in [2.24, 2.45) is 5.92 Å². The van der Waals surface area contributed by atoms with Crippen LogP contribution in [0.1, 0.15) is 31.2 Å². The molecule has 3 aromatic rings. The van der Waals surface area contributed by atoms with Crippen molar-refractivity contribution in [1.82, 2.24) is 5.32 Å². The fourth-order valence-corrected chi connectivity index (χ4v) is 3.86. The van der Waals surface area contributed by atoms with Gasteiger partial charge in [0.25, 0.3) is 0 Å². The molecule has 2 aromatic carbocycles. The second kappa shape index (κ2) is 7.87. The van der Waals surface area contributed by atoms with Crippen molar-refractivity contribution in [3.63, 3.8) is 0 Å². The highest BCUT2D eigenvalue weighted by Gasteiger charge is 2.25. The van der Waals surface area contributed by atoms with E-state index in [1.165, 1.54) is 24.5 Å². The lowest BCUT2D eigenvalue weighted by Gasteiger charge is -2.21. The summed E-state index contributed by atoms with van der Waals surface area (Å²) in [4.78, 5) is 12.9. The Balaban J connectivity index is 1.85. The Morgan fingerprint density at radius 1 is 1.21 bits per heavy atom. The van der Waals surface area contributed by atoms with E-state index in [2.05, 4.69) is 10.6 Å². The van der Waals surface area contributed by atoms with Gasteiger partial charge in [-0.3, -0.25) is 0 Å². The van der Waals surface area contributed by atoms with Crippen LogP contribution in [0.5, 0.6) is 0 Å². The number of aryl methyl sites for hydroxylation is 1. The molecule has 0 aliphatic rings. The molecule has 2 atom stereocenters. The van der Waals surface area contributed by atoms with Crippen molar-refractivity contribution in [1.29, 1.82) is 4.78 Å². The maximum Gasteiger partial charge on any atom is 0.319 e. The zero-order valence-electron chi connectivity index (χ0n) is 16.7. The first kappa shape index (κ1) is 20.9. The predicted molar refractivity (Wildman–Crippen MR) is 112 cm³/mol. The lowest BCUT2D eigenvalue weighted by atomic mass is 9.98. The molecule has 6 nitrogen and oxygen atoms in total. The van der Waals surface area contributed by atoms with Crippen LogP contribution < -0.4 is 10.6 Å². The summed E-state index contributed by atoms with van der Waals surface area (Å²) in [5.41, 5.74) is 1.78. The van der Waals surface area contributed by atoms with Gasteiger partial charge in [-0.15, -0.1) is 0 Å². The third-order valence-electron chi connectivity index (χ3n) is 4.71. The van der Waals surface area contributed by atoms with Crippen LogP contribution in [-0.4, -0.2) is 16.5 Å². The Bertz CT molecular complexity index is 1170. The van der Waals surface area contributed by atoms with Gasteiger partial charge in [-0.1, -0.05) is 19.9 Å². The number of anilines is 1. The molecule has 8 heteroatoms. The summed E-state index contributed by atoms with van der Waals surface area (Å²) in [6.45, 7) is 5.74. The van der Waals surface area contributed by atoms with Crippen LogP contribution in [0.4, 0.5) is 14.9 Å². The summed E-state index contributed by atoms with van der Waals surface area (Å²) >= 11 is 0. The van der Waals surface area contributed by atoms with Gasteiger partial charge in [-0.05, 0) is 49.2 Å². The summed E-state index contributed by atoms with van der Waals surface area (Å²) in [5, 5.41) is 6.29. The Kier molecular flexibility index (Phi) is 5.66. The average Bonchev–Trinajstić information content (AvgIpc) is 2.95. The van der Waals surface area contributed by atoms with E-state index < -0.39 is 21.8 Å². The minimum atomic E-state index is -2.88. The minimum Gasteiger partial charge on any atom is -0.459 e. The van der Waals surface area contributed by atoms with E-state index in [9.17, 15) is 13.4 Å². The monoisotopic (exact) mass is 417 g/mol. The Morgan fingerprint density at radius 2 is 1.93 bits per heavy atom. The molecule has 29 heavy (non-hydrogen) atoms. The van der Waals surface area contributed by atoms with Crippen molar-refractivity contribution in [2.45, 2.75) is 31.7 Å². The van der Waals surface area contributed by atoms with Crippen LogP contribution in [0.25, 0.3) is 11.0 Å². The van der Waals surface area contributed by atoms with Gasteiger partial charge in [0.05, 0.1) is 15.8 Å². The van der Waals surface area contributed by atoms with E-state index in [-0.39, 0.29) is 11.7 Å². The highest BCUT2D eigenvalue weighted by atomic mass is 32.2. The molecule has 0 bridgehead atoms. The zero-order valence-corrected chi connectivity index (χ0v) is 17.5. The smallest absolute Gasteiger partial charge is 0.319 e. The maximum atomic E-state index is 13.6. The van der Waals surface area contributed by atoms with Gasteiger partial charge >= 0.3 is 6.03 Å². The van der Waals surface area contributed by atoms with Gasteiger partial charge < -0.3 is 15.1 Å². The number of rotatable bonds is 5. The molecule has 3 rings (SSSR count). The standard InChI is InChI=1S/C21H24FN3O3S/c1-12(2)19(20-13(3)17-10-14(22)8-9-18(17)28-20)25-21(26)24-15-6-5-7-16(11-15)29(4,23)27/h5-12,19,23H,1-4H3,(H2,24,25,26)/t19-,29?/m1/s1. The molecule has 0 spiro atoms. The summed E-state index contributed by atoms with van der Waals surface area (Å²) < 4.78 is 39.1. The number of furan rings is 1. The number of carbonyl (C=O) groups is 1. The first-order chi connectivity index (χ1) is 13.6. The van der Waals surface area contributed by atoms with Crippen molar-refractivity contribution in [2.75, 3.05) is 11.6 Å². The summed E-state index contributed by atoms with van der Waals surface area (Å²) in [5.74, 6) is 0.243. The second-order valence-electron chi connectivity index (χ2n) is 7.42. The van der Waals surface area contributed by atoms with Crippen LogP contribution in [0.2, 0.25) is 0 Å². The molecule has 3 N–H and O–H groups in total. The number of benzene rings is 2. The molecular weight excluding hydrogens is 393 g/mol. The summed E-state index contributed by atoms with van der Waals surface area (Å²) in [6.07, 6.45) is 1.33. The molecule has 1 heterocycles. The Hall–Kier alpha value is -2.87. The van der Waals surface area contributed by atoms with Gasteiger partial charge in [-0.2, -0.15) is 0 Å². The molecule has 154 valence electrons. The van der Waals surface area contributed by atoms with Crippen molar-refractivity contribution >= 4 is 32.4 Å². The Labute approximate surface area is 169 Å². The fourth-order valence-electron chi connectivity index (χ4n) is 3.17. The minimum absolute atomic E-state index is 0.0128. The van der Waals surface area contributed by atoms with Crippen molar-refractivity contribution < 1.29 is 17.8 Å². The highest BCUT2D eigenvalue weighted by Crippen LogP contribution is 2.33. The number of amides is 2. The van der Waals surface area contributed by atoms with Crippen LogP contribution in [-0.2, 0) is 9.73 Å². The number of fused-ring (bicyclic) bond motifs is 1. The van der Waals surface area contributed by atoms with E-state index >= 15 is 0 Å². The average molecular weight is 418 g/mol. The van der Waals surface area contributed by atoms with E-state index in [1.54, 1.807) is 24.3 Å². The molecule has 2 amide bonds. The van der Waals surface area contributed by atoms with Crippen LogP contribution in [0.3, 0.4) is 0 Å². The largest absolute Gasteiger partial charge is 0.459 e. The molecule has 0 aliphatic heterocycles. The Morgan fingerprint density at radius 3 is 2.59 bits per heavy atom. The van der Waals surface area contributed by atoms with E-state index in [1.807, 2.05) is 20.8 Å². The van der Waals surface area contributed by atoms with Crippen LogP contribution >= 0.6 is 0 Å². The molecule has 0 fully saturated rings. The first-order valence-corrected chi connectivity index (χ1v) is 11.1. The third-order valence-corrected chi connectivity index (χ3v) is 5.87. The molecule has 1 aromatic heterocycles.